The van der Waals surface area contributed by atoms with E-state index in [9.17, 15) is 4.79 Å². The largest absolute Gasteiger partial charge is 0.492 e. The second-order valence-electron chi connectivity index (χ2n) is 6.26. The van der Waals surface area contributed by atoms with Crippen LogP contribution in [0.3, 0.4) is 0 Å². The van der Waals surface area contributed by atoms with Gasteiger partial charge in [0.25, 0.3) is 11.9 Å². The topological polar surface area (TPSA) is 98.5 Å². The van der Waals surface area contributed by atoms with E-state index in [1.807, 2.05) is 31.2 Å². The fourth-order valence-corrected chi connectivity index (χ4v) is 2.85. The Morgan fingerprint density at radius 1 is 1.10 bits per heavy atom. The summed E-state index contributed by atoms with van der Waals surface area (Å²) in [5.74, 6) is 1.48. The van der Waals surface area contributed by atoms with Crippen LogP contribution < -0.4 is 20.1 Å². The smallest absolute Gasteiger partial charge is 0.300 e. The zero-order valence-electron chi connectivity index (χ0n) is 16.5. The summed E-state index contributed by atoms with van der Waals surface area (Å²) in [6.45, 7) is 2.49. The number of pyridine rings is 1. The molecule has 8 heteroatoms. The maximum Gasteiger partial charge on any atom is 0.300 e. The van der Waals surface area contributed by atoms with Crippen molar-refractivity contribution in [2.24, 2.45) is 0 Å². The van der Waals surface area contributed by atoms with Gasteiger partial charge in [0.2, 0.25) is 0 Å². The van der Waals surface area contributed by atoms with Gasteiger partial charge in [-0.05, 0) is 37.3 Å². The highest BCUT2D eigenvalue weighted by molar-refractivity contribution is 5.92. The standard InChI is InChI=1S/C22H20N4O4/c1-3-28-19-7-5-4-6-16(19)25-22-26-17-9-8-14(13-20(17)30-22)29-15-10-11-24-18(12-15)21(27)23-2/h4-13H,3H2,1-2H3,(H,23,27)(H,25,26). The first-order valence-electron chi connectivity index (χ1n) is 9.41. The Labute approximate surface area is 172 Å². The van der Waals surface area contributed by atoms with Crippen LogP contribution in [-0.2, 0) is 0 Å². The maximum absolute atomic E-state index is 11.7. The van der Waals surface area contributed by atoms with E-state index in [1.165, 1.54) is 6.20 Å². The maximum atomic E-state index is 11.7. The Hall–Kier alpha value is -4.07. The number of oxazole rings is 1. The molecule has 2 N–H and O–H groups in total. The molecular weight excluding hydrogens is 384 g/mol. The molecule has 0 saturated heterocycles. The Morgan fingerprint density at radius 3 is 2.77 bits per heavy atom. The van der Waals surface area contributed by atoms with Gasteiger partial charge < -0.3 is 24.5 Å². The van der Waals surface area contributed by atoms with Crippen molar-refractivity contribution in [1.29, 1.82) is 0 Å². The van der Waals surface area contributed by atoms with Gasteiger partial charge in [-0.25, -0.2) is 0 Å². The molecule has 0 saturated carbocycles. The minimum atomic E-state index is -0.283. The normalized spacial score (nSPS) is 10.6. The van der Waals surface area contributed by atoms with Crippen molar-refractivity contribution >= 4 is 28.7 Å². The van der Waals surface area contributed by atoms with Gasteiger partial charge in [0.15, 0.2) is 5.58 Å². The summed E-state index contributed by atoms with van der Waals surface area (Å²) < 4.78 is 17.3. The first-order chi connectivity index (χ1) is 14.7. The van der Waals surface area contributed by atoms with Crippen LogP contribution in [-0.4, -0.2) is 29.5 Å². The molecule has 0 radical (unpaired) electrons. The summed E-state index contributed by atoms with van der Waals surface area (Å²) in [6, 6.07) is 16.5. The Kier molecular flexibility index (Phi) is 5.47. The molecule has 30 heavy (non-hydrogen) atoms. The number of anilines is 2. The van der Waals surface area contributed by atoms with E-state index in [0.717, 1.165) is 11.4 Å². The van der Waals surface area contributed by atoms with Crippen molar-refractivity contribution in [3.63, 3.8) is 0 Å². The summed E-state index contributed by atoms with van der Waals surface area (Å²) in [6.07, 6.45) is 1.52. The summed E-state index contributed by atoms with van der Waals surface area (Å²) in [4.78, 5) is 20.2. The number of hydrogen-bond donors (Lipinski definition) is 2. The van der Waals surface area contributed by atoms with Gasteiger partial charge in [0.1, 0.15) is 28.5 Å². The molecule has 0 aliphatic rings. The molecular formula is C22H20N4O4. The van der Waals surface area contributed by atoms with Crippen LogP contribution in [0.15, 0.2) is 65.2 Å². The Balaban J connectivity index is 1.55. The third-order valence-corrected chi connectivity index (χ3v) is 4.22. The first-order valence-corrected chi connectivity index (χ1v) is 9.41. The van der Waals surface area contributed by atoms with E-state index >= 15 is 0 Å². The zero-order chi connectivity index (χ0) is 20.9. The van der Waals surface area contributed by atoms with Crippen molar-refractivity contribution in [3.8, 4) is 17.2 Å². The average Bonchev–Trinajstić information content (AvgIpc) is 3.16. The number of benzene rings is 2. The predicted molar refractivity (Wildman–Crippen MR) is 113 cm³/mol. The molecule has 2 aromatic heterocycles. The van der Waals surface area contributed by atoms with Gasteiger partial charge in [-0.3, -0.25) is 9.78 Å². The number of nitrogens with one attached hydrogen (secondary N) is 2. The van der Waals surface area contributed by atoms with Crippen molar-refractivity contribution in [1.82, 2.24) is 15.3 Å². The zero-order valence-corrected chi connectivity index (χ0v) is 16.5. The van der Waals surface area contributed by atoms with Crippen molar-refractivity contribution in [2.75, 3.05) is 19.0 Å². The van der Waals surface area contributed by atoms with Crippen LogP contribution in [0.1, 0.15) is 17.4 Å². The summed E-state index contributed by atoms with van der Waals surface area (Å²) in [7, 11) is 1.55. The summed E-state index contributed by atoms with van der Waals surface area (Å²) in [5.41, 5.74) is 2.28. The third-order valence-electron chi connectivity index (χ3n) is 4.22. The summed E-state index contributed by atoms with van der Waals surface area (Å²) >= 11 is 0. The number of carbonyl (C=O) groups excluding carboxylic acids is 1. The fraction of sp³-hybridized carbons (Fsp3) is 0.136. The molecule has 0 aliphatic carbocycles. The first kappa shape index (κ1) is 19.3. The lowest BCUT2D eigenvalue weighted by Crippen LogP contribution is -2.18. The lowest BCUT2D eigenvalue weighted by Gasteiger charge is -2.09. The third kappa shape index (κ3) is 4.17. The van der Waals surface area contributed by atoms with Gasteiger partial charge in [0.05, 0.1) is 12.3 Å². The van der Waals surface area contributed by atoms with E-state index in [4.69, 9.17) is 13.9 Å². The van der Waals surface area contributed by atoms with Crippen LogP contribution in [0.25, 0.3) is 11.1 Å². The number of hydrogen-bond acceptors (Lipinski definition) is 7. The van der Waals surface area contributed by atoms with E-state index < -0.39 is 0 Å². The molecule has 0 fully saturated rings. The molecule has 0 spiro atoms. The monoisotopic (exact) mass is 404 g/mol. The number of carbonyl (C=O) groups is 1. The molecule has 2 heterocycles. The number of ether oxygens (including phenoxy) is 2. The van der Waals surface area contributed by atoms with E-state index in [-0.39, 0.29) is 11.6 Å². The van der Waals surface area contributed by atoms with E-state index in [0.29, 0.717) is 35.2 Å². The minimum absolute atomic E-state index is 0.273. The lowest BCUT2D eigenvalue weighted by atomic mass is 10.3. The van der Waals surface area contributed by atoms with Gasteiger partial charge in [-0.1, -0.05) is 12.1 Å². The van der Waals surface area contributed by atoms with Gasteiger partial charge in [0, 0.05) is 25.4 Å². The molecule has 4 rings (SSSR count). The average molecular weight is 404 g/mol. The Morgan fingerprint density at radius 2 is 1.93 bits per heavy atom. The molecule has 8 nitrogen and oxygen atoms in total. The van der Waals surface area contributed by atoms with Crippen LogP contribution in [0.2, 0.25) is 0 Å². The second-order valence-corrected chi connectivity index (χ2v) is 6.26. The number of para-hydroxylation sites is 2. The van der Waals surface area contributed by atoms with Crippen molar-refractivity contribution < 1.29 is 18.7 Å². The Bertz CT molecular complexity index is 1190. The van der Waals surface area contributed by atoms with Crippen LogP contribution in [0.5, 0.6) is 17.2 Å². The fourth-order valence-electron chi connectivity index (χ4n) is 2.85. The van der Waals surface area contributed by atoms with Crippen LogP contribution in [0.4, 0.5) is 11.7 Å². The molecule has 0 unspecified atom stereocenters. The number of rotatable bonds is 7. The highest BCUT2D eigenvalue weighted by atomic mass is 16.5. The van der Waals surface area contributed by atoms with Crippen molar-refractivity contribution in [2.45, 2.75) is 6.92 Å². The second kappa shape index (κ2) is 8.52. The predicted octanol–water partition coefficient (Wildman–Crippen LogP) is 4.52. The SMILES string of the molecule is CCOc1ccccc1Nc1nc2ccc(Oc3ccnc(C(=O)NC)c3)cc2o1. The van der Waals surface area contributed by atoms with E-state index in [2.05, 4.69) is 20.6 Å². The molecule has 1 amide bonds. The van der Waals surface area contributed by atoms with Crippen LogP contribution in [0, 0.1) is 0 Å². The molecule has 152 valence electrons. The highest BCUT2D eigenvalue weighted by Crippen LogP contribution is 2.31. The van der Waals surface area contributed by atoms with Crippen molar-refractivity contribution in [3.05, 3.63) is 66.5 Å². The molecule has 0 atom stereocenters. The number of nitrogens with zero attached hydrogens (tertiary/aromatic N) is 2. The summed E-state index contributed by atoms with van der Waals surface area (Å²) in [5, 5.41) is 5.68. The van der Waals surface area contributed by atoms with Gasteiger partial charge >= 0.3 is 0 Å². The quantitative estimate of drug-likeness (QED) is 0.467. The number of fused-ring (bicyclic) bond motifs is 1. The molecule has 4 aromatic rings. The molecule has 0 aliphatic heterocycles. The lowest BCUT2D eigenvalue weighted by molar-refractivity contribution is 0.0958. The molecule has 2 aromatic carbocycles. The van der Waals surface area contributed by atoms with Gasteiger partial charge in [-0.2, -0.15) is 4.98 Å². The van der Waals surface area contributed by atoms with E-state index in [1.54, 1.807) is 37.4 Å². The molecule has 0 bridgehead atoms. The van der Waals surface area contributed by atoms with Crippen LogP contribution >= 0.6 is 0 Å². The highest BCUT2D eigenvalue weighted by Gasteiger charge is 2.11. The number of amides is 1. The van der Waals surface area contributed by atoms with Gasteiger partial charge in [-0.15, -0.1) is 0 Å². The minimum Gasteiger partial charge on any atom is -0.492 e. The number of aromatic nitrogens is 2.